The van der Waals surface area contributed by atoms with Crippen LogP contribution in [-0.4, -0.2) is 36.4 Å². The minimum absolute atomic E-state index is 0.0807. The number of rotatable bonds is 58. The lowest BCUT2D eigenvalue weighted by Crippen LogP contribution is -2.28. The third-order valence-corrected chi connectivity index (χ3v) is 13.5. The van der Waals surface area contributed by atoms with Gasteiger partial charge in [0.1, 0.15) is 6.61 Å². The number of hydrogen-bond acceptors (Lipinski definition) is 5. The molecule has 0 rings (SSSR count). The van der Waals surface area contributed by atoms with Crippen molar-refractivity contribution in [2.75, 3.05) is 13.2 Å². The number of allylic oxidation sites excluding steroid dienone is 28. The molecule has 5 nitrogen and oxygen atoms in total. The van der Waals surface area contributed by atoms with Gasteiger partial charge in [0.15, 0.2) is 6.10 Å². The van der Waals surface area contributed by atoms with Crippen LogP contribution in [0.25, 0.3) is 0 Å². The lowest BCUT2D eigenvalue weighted by molar-refractivity contribution is -0.161. The molecule has 0 aliphatic heterocycles. The first-order valence-electron chi connectivity index (χ1n) is 32.7. The van der Waals surface area contributed by atoms with Crippen molar-refractivity contribution >= 4 is 11.9 Å². The average molecular weight is 1100 g/mol. The first-order chi connectivity index (χ1) is 39.6. The predicted octanol–water partition coefficient (Wildman–Crippen LogP) is 22.9. The van der Waals surface area contributed by atoms with Gasteiger partial charge in [-0.2, -0.15) is 0 Å². The molecular formula is C75H120O5. The van der Waals surface area contributed by atoms with Crippen LogP contribution in [0.4, 0.5) is 0 Å². The van der Waals surface area contributed by atoms with Gasteiger partial charge in [0.25, 0.3) is 0 Å². The zero-order chi connectivity index (χ0) is 57.6. The highest BCUT2D eigenvalue weighted by Gasteiger charge is 2.16. The Labute approximate surface area is 493 Å². The van der Waals surface area contributed by atoms with Gasteiger partial charge in [-0.15, -0.1) is 0 Å². The molecule has 1 N–H and O–H groups in total. The van der Waals surface area contributed by atoms with Gasteiger partial charge in [-0.05, 0) is 128 Å². The molecule has 0 aromatic heterocycles. The van der Waals surface area contributed by atoms with Crippen molar-refractivity contribution in [3.05, 3.63) is 170 Å². The Bertz CT molecular complexity index is 1770. The standard InChI is InChI=1S/C75H120O5/c1-3-5-7-9-11-13-15-17-19-21-23-25-27-29-31-33-34-35-36-37-38-39-40-42-44-46-48-50-52-54-56-58-60-62-64-66-68-70-75(78)80-73(71-76)72-79-74(77)69-67-65-63-61-59-57-55-53-51-49-47-45-43-41-32-30-28-26-24-22-20-18-16-14-12-10-8-6-4-2/h5-8,11-14,17-20,23-26,29,31,34-35,37-38,40,42,46,48,52,54,73,76H,3-4,9-10,15-16,21-22,27-28,30,32-33,36,39,41,43-45,47,49-51,53,55-72H2,1-2H3/b7-5-,8-6-,13-11-,14-12-,19-17-,20-18-,25-23-,26-24-,31-29-,35-34-,38-37-,42-40-,48-46-,54-52-. The molecule has 0 aliphatic rings. The summed E-state index contributed by atoms with van der Waals surface area (Å²) in [5.74, 6) is -0.613. The van der Waals surface area contributed by atoms with Gasteiger partial charge in [-0.25, -0.2) is 0 Å². The second-order valence-electron chi connectivity index (χ2n) is 21.1. The van der Waals surface area contributed by atoms with Crippen molar-refractivity contribution in [1.29, 1.82) is 0 Å². The van der Waals surface area contributed by atoms with E-state index in [1.165, 1.54) is 109 Å². The van der Waals surface area contributed by atoms with Gasteiger partial charge in [-0.1, -0.05) is 300 Å². The molecular weight excluding hydrogens is 981 g/mol. The molecule has 0 saturated carbocycles. The van der Waals surface area contributed by atoms with Crippen molar-refractivity contribution in [3.8, 4) is 0 Å². The molecule has 0 heterocycles. The van der Waals surface area contributed by atoms with Gasteiger partial charge < -0.3 is 14.6 Å². The molecule has 0 aliphatic carbocycles. The minimum atomic E-state index is -0.793. The van der Waals surface area contributed by atoms with Crippen LogP contribution in [0.3, 0.4) is 0 Å². The highest BCUT2D eigenvalue weighted by molar-refractivity contribution is 5.70. The third kappa shape index (κ3) is 65.8. The number of hydrogen-bond donors (Lipinski definition) is 1. The van der Waals surface area contributed by atoms with Gasteiger partial charge in [0.05, 0.1) is 6.61 Å². The van der Waals surface area contributed by atoms with Crippen molar-refractivity contribution in [3.63, 3.8) is 0 Å². The lowest BCUT2D eigenvalue weighted by atomic mass is 10.0. The maximum absolute atomic E-state index is 12.3. The Hall–Kier alpha value is -4.74. The van der Waals surface area contributed by atoms with Crippen molar-refractivity contribution in [2.24, 2.45) is 0 Å². The number of carbonyl (C=O) groups excluding carboxylic acids is 2. The van der Waals surface area contributed by atoms with E-state index in [0.717, 1.165) is 135 Å². The zero-order valence-corrected chi connectivity index (χ0v) is 51.5. The quantitative estimate of drug-likeness (QED) is 0.0373. The van der Waals surface area contributed by atoms with Crippen LogP contribution < -0.4 is 0 Å². The molecule has 5 heteroatoms. The zero-order valence-electron chi connectivity index (χ0n) is 51.5. The van der Waals surface area contributed by atoms with Gasteiger partial charge in [-0.3, -0.25) is 9.59 Å². The molecule has 0 aromatic carbocycles. The van der Waals surface area contributed by atoms with E-state index in [4.69, 9.17) is 9.47 Å². The van der Waals surface area contributed by atoms with E-state index in [9.17, 15) is 14.7 Å². The highest BCUT2D eigenvalue weighted by atomic mass is 16.6. The Kier molecular flexibility index (Phi) is 64.5. The topological polar surface area (TPSA) is 72.8 Å². The summed E-state index contributed by atoms with van der Waals surface area (Å²) in [6.07, 6.45) is 106. The summed E-state index contributed by atoms with van der Waals surface area (Å²) in [4.78, 5) is 24.6. The monoisotopic (exact) mass is 1100 g/mol. The lowest BCUT2D eigenvalue weighted by Gasteiger charge is -2.15. The summed E-state index contributed by atoms with van der Waals surface area (Å²) in [6, 6.07) is 0. The molecule has 80 heavy (non-hydrogen) atoms. The van der Waals surface area contributed by atoms with Crippen molar-refractivity contribution in [1.82, 2.24) is 0 Å². The molecule has 0 radical (unpaired) electrons. The fourth-order valence-corrected chi connectivity index (χ4v) is 8.69. The summed E-state index contributed by atoms with van der Waals surface area (Å²) in [6.45, 7) is 3.91. The molecule has 0 amide bonds. The summed E-state index contributed by atoms with van der Waals surface area (Å²) in [5, 5.41) is 9.69. The van der Waals surface area contributed by atoms with Crippen LogP contribution in [-0.2, 0) is 19.1 Å². The van der Waals surface area contributed by atoms with Crippen molar-refractivity contribution < 1.29 is 24.2 Å². The Morgan fingerprint density at radius 1 is 0.287 bits per heavy atom. The molecule has 0 aromatic rings. The molecule has 0 fully saturated rings. The molecule has 1 unspecified atom stereocenters. The second kappa shape index (κ2) is 68.5. The van der Waals surface area contributed by atoms with Crippen LogP contribution in [0.1, 0.15) is 271 Å². The van der Waals surface area contributed by atoms with E-state index in [-0.39, 0.29) is 25.2 Å². The minimum Gasteiger partial charge on any atom is -0.462 e. The Balaban J connectivity index is 3.59. The Morgan fingerprint density at radius 2 is 0.500 bits per heavy atom. The number of carbonyl (C=O) groups is 2. The fraction of sp³-hybridized carbons (Fsp3) is 0.600. The van der Waals surface area contributed by atoms with E-state index in [0.29, 0.717) is 12.8 Å². The number of unbranched alkanes of at least 4 members (excludes halogenated alkanes) is 22. The van der Waals surface area contributed by atoms with Crippen LogP contribution in [0, 0.1) is 0 Å². The first kappa shape index (κ1) is 75.3. The molecule has 0 saturated heterocycles. The van der Waals surface area contributed by atoms with Gasteiger partial charge in [0.2, 0.25) is 0 Å². The Morgan fingerprint density at radius 3 is 0.750 bits per heavy atom. The smallest absolute Gasteiger partial charge is 0.306 e. The van der Waals surface area contributed by atoms with Crippen LogP contribution in [0.5, 0.6) is 0 Å². The van der Waals surface area contributed by atoms with Crippen LogP contribution >= 0.6 is 0 Å². The molecule has 0 spiro atoms. The van der Waals surface area contributed by atoms with E-state index in [1.54, 1.807) is 0 Å². The number of esters is 2. The first-order valence-corrected chi connectivity index (χ1v) is 32.7. The normalized spacial score (nSPS) is 13.4. The van der Waals surface area contributed by atoms with E-state index in [1.807, 2.05) is 0 Å². The van der Waals surface area contributed by atoms with Crippen LogP contribution in [0.15, 0.2) is 170 Å². The number of aliphatic hydroxyl groups is 1. The van der Waals surface area contributed by atoms with E-state index in [2.05, 4.69) is 184 Å². The van der Waals surface area contributed by atoms with E-state index < -0.39 is 6.10 Å². The average Bonchev–Trinajstić information content (AvgIpc) is 3.46. The summed E-state index contributed by atoms with van der Waals surface area (Å²) >= 11 is 0. The van der Waals surface area contributed by atoms with Crippen LogP contribution in [0.2, 0.25) is 0 Å². The number of ether oxygens (including phenoxy) is 2. The third-order valence-electron chi connectivity index (χ3n) is 13.5. The SMILES string of the molecule is CC/C=C\C/C=C\C/C=C\C/C=C\C/C=C\C/C=C\C/C=C\C/C=C\C/C=C\C/C=C\CCCCCCCCC(=O)OC(CO)COC(=O)CCCCCCCCCCCCCCCCCC/C=C\C/C=C\C/C=C\C/C=C\CC. The van der Waals surface area contributed by atoms with Crippen molar-refractivity contribution in [2.45, 2.75) is 277 Å². The maximum atomic E-state index is 12.3. The summed E-state index contributed by atoms with van der Waals surface area (Å²) in [7, 11) is 0. The number of aliphatic hydroxyl groups excluding tert-OH is 1. The highest BCUT2D eigenvalue weighted by Crippen LogP contribution is 2.16. The van der Waals surface area contributed by atoms with Gasteiger partial charge >= 0.3 is 11.9 Å². The summed E-state index contributed by atoms with van der Waals surface area (Å²) in [5.41, 5.74) is 0. The molecule has 1 atom stereocenters. The second-order valence-corrected chi connectivity index (χ2v) is 21.1. The fourth-order valence-electron chi connectivity index (χ4n) is 8.69. The molecule has 0 bridgehead atoms. The molecule has 450 valence electrons. The van der Waals surface area contributed by atoms with Gasteiger partial charge in [0, 0.05) is 12.8 Å². The maximum Gasteiger partial charge on any atom is 0.306 e. The largest absolute Gasteiger partial charge is 0.462 e. The van der Waals surface area contributed by atoms with E-state index >= 15 is 0 Å². The predicted molar refractivity (Wildman–Crippen MR) is 352 cm³/mol. The summed E-state index contributed by atoms with van der Waals surface area (Å²) < 4.78 is 10.7.